The second kappa shape index (κ2) is 6.17. The largest absolute Gasteiger partial charge is 0.345 e. The van der Waals surface area contributed by atoms with E-state index in [1.54, 1.807) is 6.33 Å². The average Bonchev–Trinajstić information content (AvgIpc) is 2.85. The molecule has 1 heterocycles. The highest BCUT2D eigenvalue weighted by atomic mass is 14.9. The molecule has 0 saturated carbocycles. The number of H-pyrrole nitrogens is 1. The highest BCUT2D eigenvalue weighted by Gasteiger charge is 2.20. The van der Waals surface area contributed by atoms with Gasteiger partial charge in [0, 0.05) is 25.0 Å². The van der Waals surface area contributed by atoms with Gasteiger partial charge in [-0.15, -0.1) is 0 Å². The number of hydrogen-bond donors (Lipinski definition) is 3. The lowest BCUT2D eigenvalue weighted by Gasteiger charge is -2.26. The molecular formula is C15H24N4. The third-order valence-electron chi connectivity index (χ3n) is 3.50. The van der Waals surface area contributed by atoms with Crippen LogP contribution in [0.2, 0.25) is 0 Å². The number of benzene rings is 1. The van der Waals surface area contributed by atoms with Crippen molar-refractivity contribution in [2.75, 3.05) is 26.2 Å². The van der Waals surface area contributed by atoms with Gasteiger partial charge in [-0.3, -0.25) is 0 Å². The first-order valence-corrected chi connectivity index (χ1v) is 6.98. The molecule has 2 rings (SSSR count). The van der Waals surface area contributed by atoms with Crippen LogP contribution in [0.15, 0.2) is 24.5 Å². The molecule has 3 N–H and O–H groups in total. The molecule has 1 aromatic carbocycles. The number of aromatic nitrogens is 2. The first kappa shape index (κ1) is 14.0. The monoisotopic (exact) mass is 260 g/mol. The van der Waals surface area contributed by atoms with E-state index in [1.807, 2.05) is 0 Å². The predicted molar refractivity (Wildman–Crippen MR) is 80.5 cm³/mol. The predicted octanol–water partition coefficient (Wildman–Crippen LogP) is 2.04. The van der Waals surface area contributed by atoms with Gasteiger partial charge in [-0.05, 0) is 24.2 Å². The molecule has 0 saturated heterocycles. The Labute approximate surface area is 115 Å². The average molecular weight is 260 g/mol. The molecule has 0 aliphatic heterocycles. The van der Waals surface area contributed by atoms with Crippen LogP contribution in [0.25, 0.3) is 11.0 Å². The minimum Gasteiger partial charge on any atom is -0.345 e. The number of hydrogen-bond acceptors (Lipinski definition) is 3. The van der Waals surface area contributed by atoms with E-state index in [0.29, 0.717) is 0 Å². The smallest absolute Gasteiger partial charge is 0.0931 e. The first-order chi connectivity index (χ1) is 9.13. The van der Waals surface area contributed by atoms with E-state index in [4.69, 9.17) is 0 Å². The van der Waals surface area contributed by atoms with Gasteiger partial charge in [0.25, 0.3) is 0 Å². The standard InChI is InChI=1S/C15H24N4/c1-4-16-7-8-17-10-15(2,3)12-5-6-13-14(9-12)19-11-18-13/h5-6,9,11,16-17H,4,7-8,10H2,1-3H3,(H,18,19). The van der Waals surface area contributed by atoms with Crippen LogP contribution in [0.1, 0.15) is 26.3 Å². The molecule has 0 aliphatic rings. The molecule has 0 aliphatic carbocycles. The molecule has 1 aromatic heterocycles. The Kier molecular flexibility index (Phi) is 4.56. The SMILES string of the molecule is CCNCCNCC(C)(C)c1ccc2nc[nH]c2c1. The molecule has 0 spiro atoms. The van der Waals surface area contributed by atoms with Crippen LogP contribution in [0.4, 0.5) is 0 Å². The molecule has 0 unspecified atom stereocenters. The summed E-state index contributed by atoms with van der Waals surface area (Å²) in [7, 11) is 0. The number of aromatic amines is 1. The number of nitrogens with zero attached hydrogens (tertiary/aromatic N) is 1. The zero-order valence-electron chi connectivity index (χ0n) is 12.1. The molecule has 4 nitrogen and oxygen atoms in total. The maximum atomic E-state index is 4.26. The van der Waals surface area contributed by atoms with Gasteiger partial charge in [0.1, 0.15) is 0 Å². The van der Waals surface area contributed by atoms with Gasteiger partial charge in [0.05, 0.1) is 17.4 Å². The molecule has 104 valence electrons. The van der Waals surface area contributed by atoms with Crippen molar-refractivity contribution in [3.05, 3.63) is 30.1 Å². The summed E-state index contributed by atoms with van der Waals surface area (Å²) in [6.07, 6.45) is 1.75. The minimum absolute atomic E-state index is 0.117. The van der Waals surface area contributed by atoms with Crippen molar-refractivity contribution in [2.45, 2.75) is 26.2 Å². The van der Waals surface area contributed by atoms with Gasteiger partial charge in [-0.2, -0.15) is 0 Å². The summed E-state index contributed by atoms with van der Waals surface area (Å²) in [5.41, 5.74) is 3.59. The van der Waals surface area contributed by atoms with E-state index < -0.39 is 0 Å². The molecule has 0 amide bonds. The van der Waals surface area contributed by atoms with Crippen molar-refractivity contribution in [1.82, 2.24) is 20.6 Å². The summed E-state index contributed by atoms with van der Waals surface area (Å²) < 4.78 is 0. The van der Waals surface area contributed by atoms with Crippen LogP contribution in [0, 0.1) is 0 Å². The van der Waals surface area contributed by atoms with Gasteiger partial charge in [-0.25, -0.2) is 4.98 Å². The number of fused-ring (bicyclic) bond motifs is 1. The molecule has 0 bridgehead atoms. The van der Waals surface area contributed by atoms with Crippen molar-refractivity contribution in [2.24, 2.45) is 0 Å². The van der Waals surface area contributed by atoms with Crippen molar-refractivity contribution < 1.29 is 0 Å². The highest BCUT2D eigenvalue weighted by Crippen LogP contribution is 2.24. The molecule has 2 aromatic rings. The van der Waals surface area contributed by atoms with E-state index in [-0.39, 0.29) is 5.41 Å². The number of nitrogens with one attached hydrogen (secondary N) is 3. The van der Waals surface area contributed by atoms with Gasteiger partial charge in [0.2, 0.25) is 0 Å². The van der Waals surface area contributed by atoms with E-state index in [2.05, 4.69) is 59.6 Å². The van der Waals surface area contributed by atoms with Crippen molar-refractivity contribution in [3.63, 3.8) is 0 Å². The van der Waals surface area contributed by atoms with E-state index >= 15 is 0 Å². The fourth-order valence-corrected chi connectivity index (χ4v) is 2.21. The third-order valence-corrected chi connectivity index (χ3v) is 3.50. The Bertz CT molecular complexity index is 516. The highest BCUT2D eigenvalue weighted by molar-refractivity contribution is 5.75. The lowest BCUT2D eigenvalue weighted by Crippen LogP contribution is -2.36. The van der Waals surface area contributed by atoms with E-state index in [1.165, 1.54) is 5.56 Å². The second-order valence-corrected chi connectivity index (χ2v) is 5.55. The quantitative estimate of drug-likeness (QED) is 0.668. The lowest BCUT2D eigenvalue weighted by atomic mass is 9.84. The number of likely N-dealkylation sites (N-methyl/N-ethyl adjacent to an activating group) is 1. The van der Waals surface area contributed by atoms with Crippen molar-refractivity contribution in [3.8, 4) is 0 Å². The molecule has 0 atom stereocenters. The summed E-state index contributed by atoms with van der Waals surface area (Å²) in [6, 6.07) is 6.46. The fourth-order valence-electron chi connectivity index (χ4n) is 2.21. The molecular weight excluding hydrogens is 236 g/mol. The zero-order chi connectivity index (χ0) is 13.7. The zero-order valence-corrected chi connectivity index (χ0v) is 12.1. The summed E-state index contributed by atoms with van der Waals surface area (Å²) in [5.74, 6) is 0. The number of imidazole rings is 1. The van der Waals surface area contributed by atoms with Gasteiger partial charge >= 0.3 is 0 Å². The van der Waals surface area contributed by atoms with Gasteiger partial charge in [0.15, 0.2) is 0 Å². The lowest BCUT2D eigenvalue weighted by molar-refractivity contribution is 0.466. The van der Waals surface area contributed by atoms with Crippen LogP contribution in [-0.4, -0.2) is 36.1 Å². The summed E-state index contributed by atoms with van der Waals surface area (Å²) in [6.45, 7) is 10.7. The van der Waals surface area contributed by atoms with Crippen LogP contribution in [0.3, 0.4) is 0 Å². The summed E-state index contributed by atoms with van der Waals surface area (Å²) >= 11 is 0. The normalized spacial score (nSPS) is 12.2. The van der Waals surface area contributed by atoms with Crippen LogP contribution in [0.5, 0.6) is 0 Å². The Balaban J connectivity index is 1.97. The fraction of sp³-hybridized carbons (Fsp3) is 0.533. The Morgan fingerprint density at radius 3 is 2.79 bits per heavy atom. The summed E-state index contributed by atoms with van der Waals surface area (Å²) in [4.78, 5) is 7.43. The Morgan fingerprint density at radius 2 is 2.00 bits per heavy atom. The second-order valence-electron chi connectivity index (χ2n) is 5.55. The Morgan fingerprint density at radius 1 is 1.21 bits per heavy atom. The molecule has 0 radical (unpaired) electrons. The Hall–Kier alpha value is -1.39. The van der Waals surface area contributed by atoms with Crippen LogP contribution >= 0.6 is 0 Å². The van der Waals surface area contributed by atoms with Gasteiger partial charge in [-0.1, -0.05) is 26.8 Å². The topological polar surface area (TPSA) is 52.7 Å². The van der Waals surface area contributed by atoms with E-state index in [0.717, 1.165) is 37.2 Å². The van der Waals surface area contributed by atoms with Crippen molar-refractivity contribution >= 4 is 11.0 Å². The summed E-state index contributed by atoms with van der Waals surface area (Å²) in [5, 5.41) is 6.83. The minimum atomic E-state index is 0.117. The maximum Gasteiger partial charge on any atom is 0.0931 e. The molecule has 4 heteroatoms. The van der Waals surface area contributed by atoms with Gasteiger partial charge < -0.3 is 15.6 Å². The molecule has 19 heavy (non-hydrogen) atoms. The van der Waals surface area contributed by atoms with Crippen LogP contribution in [-0.2, 0) is 5.41 Å². The van der Waals surface area contributed by atoms with Crippen molar-refractivity contribution in [1.29, 1.82) is 0 Å². The van der Waals surface area contributed by atoms with Crippen LogP contribution < -0.4 is 10.6 Å². The number of rotatable bonds is 7. The maximum absolute atomic E-state index is 4.26. The first-order valence-electron chi connectivity index (χ1n) is 6.98. The third kappa shape index (κ3) is 3.55. The molecule has 0 fully saturated rings. The van der Waals surface area contributed by atoms with E-state index in [9.17, 15) is 0 Å².